The lowest BCUT2D eigenvalue weighted by Crippen LogP contribution is -2.51. The predicted molar refractivity (Wildman–Crippen MR) is 78.9 cm³/mol. The standard InChI is InChI=1S/C15H26N4O/c1-11-13(16)5-4-12(15(11,2)3)14(20)18-7-9-19-8-6-17-10-19/h6,8,10-13H,4-5,7,9,16H2,1-3H3,(H,18,20). The highest BCUT2D eigenvalue weighted by molar-refractivity contribution is 5.79. The largest absolute Gasteiger partial charge is 0.354 e. The molecule has 20 heavy (non-hydrogen) atoms. The third-order valence-corrected chi connectivity index (χ3v) is 5.05. The fraction of sp³-hybridized carbons (Fsp3) is 0.733. The topological polar surface area (TPSA) is 72.9 Å². The zero-order valence-corrected chi connectivity index (χ0v) is 12.7. The summed E-state index contributed by atoms with van der Waals surface area (Å²) in [6, 6.07) is 0.208. The molecular weight excluding hydrogens is 252 g/mol. The van der Waals surface area contributed by atoms with Crippen LogP contribution < -0.4 is 11.1 Å². The highest BCUT2D eigenvalue weighted by Gasteiger charge is 2.44. The van der Waals surface area contributed by atoms with Crippen molar-refractivity contribution in [2.45, 2.75) is 46.2 Å². The van der Waals surface area contributed by atoms with Gasteiger partial charge in [-0.2, -0.15) is 0 Å². The zero-order valence-electron chi connectivity index (χ0n) is 12.7. The SMILES string of the molecule is CC1C(N)CCC(C(=O)NCCn2ccnc2)C1(C)C. The Bertz CT molecular complexity index is 441. The summed E-state index contributed by atoms with van der Waals surface area (Å²) in [5, 5.41) is 3.05. The zero-order chi connectivity index (χ0) is 14.8. The minimum atomic E-state index is -0.0449. The van der Waals surface area contributed by atoms with Crippen LogP contribution in [-0.2, 0) is 11.3 Å². The van der Waals surface area contributed by atoms with Crippen molar-refractivity contribution in [3.05, 3.63) is 18.7 Å². The van der Waals surface area contributed by atoms with Crippen molar-refractivity contribution in [1.82, 2.24) is 14.9 Å². The third-order valence-electron chi connectivity index (χ3n) is 5.05. The van der Waals surface area contributed by atoms with E-state index in [4.69, 9.17) is 5.73 Å². The van der Waals surface area contributed by atoms with Crippen molar-refractivity contribution in [2.75, 3.05) is 6.54 Å². The minimum absolute atomic E-state index is 0.0449. The number of nitrogens with zero attached hydrogens (tertiary/aromatic N) is 2. The maximum atomic E-state index is 12.4. The average molecular weight is 278 g/mol. The number of nitrogens with two attached hydrogens (primary N) is 1. The van der Waals surface area contributed by atoms with Gasteiger partial charge >= 0.3 is 0 Å². The highest BCUT2D eigenvalue weighted by Crippen LogP contribution is 2.44. The summed E-state index contributed by atoms with van der Waals surface area (Å²) < 4.78 is 1.96. The molecule has 1 aromatic rings. The van der Waals surface area contributed by atoms with E-state index >= 15 is 0 Å². The van der Waals surface area contributed by atoms with Crippen molar-refractivity contribution in [3.8, 4) is 0 Å². The summed E-state index contributed by atoms with van der Waals surface area (Å²) in [5.74, 6) is 0.578. The lowest BCUT2D eigenvalue weighted by Gasteiger charge is -2.46. The molecule has 2 rings (SSSR count). The number of amides is 1. The van der Waals surface area contributed by atoms with E-state index < -0.39 is 0 Å². The number of hydrogen-bond donors (Lipinski definition) is 2. The smallest absolute Gasteiger partial charge is 0.223 e. The number of carbonyl (C=O) groups is 1. The summed E-state index contributed by atoms with van der Waals surface area (Å²) in [7, 11) is 0. The molecule has 0 saturated heterocycles. The Morgan fingerprint density at radius 1 is 1.50 bits per heavy atom. The van der Waals surface area contributed by atoms with Crippen molar-refractivity contribution in [2.24, 2.45) is 23.0 Å². The van der Waals surface area contributed by atoms with Crippen LogP contribution in [0.25, 0.3) is 0 Å². The lowest BCUT2D eigenvalue weighted by molar-refractivity contribution is -0.132. The molecule has 3 N–H and O–H groups in total. The number of hydrogen-bond acceptors (Lipinski definition) is 3. The number of imidazole rings is 1. The maximum Gasteiger partial charge on any atom is 0.223 e. The van der Waals surface area contributed by atoms with Crippen LogP contribution in [0.3, 0.4) is 0 Å². The van der Waals surface area contributed by atoms with Crippen LogP contribution in [-0.4, -0.2) is 28.0 Å². The Morgan fingerprint density at radius 3 is 2.90 bits per heavy atom. The van der Waals surface area contributed by atoms with Crippen molar-refractivity contribution in [1.29, 1.82) is 0 Å². The van der Waals surface area contributed by atoms with E-state index in [1.165, 1.54) is 0 Å². The molecule has 3 unspecified atom stereocenters. The van der Waals surface area contributed by atoms with Gasteiger partial charge in [-0.15, -0.1) is 0 Å². The Morgan fingerprint density at radius 2 is 2.25 bits per heavy atom. The van der Waals surface area contributed by atoms with Gasteiger partial charge in [-0.05, 0) is 24.2 Å². The minimum Gasteiger partial charge on any atom is -0.354 e. The van der Waals surface area contributed by atoms with Crippen LogP contribution in [0, 0.1) is 17.3 Å². The molecule has 0 aromatic carbocycles. The van der Waals surface area contributed by atoms with Gasteiger partial charge in [-0.1, -0.05) is 20.8 Å². The molecule has 5 nitrogen and oxygen atoms in total. The molecule has 0 spiro atoms. The first-order valence-corrected chi connectivity index (χ1v) is 7.42. The molecule has 1 aromatic heterocycles. The molecular formula is C15H26N4O. The van der Waals surface area contributed by atoms with Gasteiger partial charge in [0.15, 0.2) is 0 Å². The van der Waals surface area contributed by atoms with E-state index in [9.17, 15) is 4.79 Å². The fourth-order valence-electron chi connectivity index (χ4n) is 3.17. The molecule has 1 heterocycles. The van der Waals surface area contributed by atoms with Gasteiger partial charge in [0.25, 0.3) is 0 Å². The molecule has 0 bridgehead atoms. The van der Waals surface area contributed by atoms with Crippen LogP contribution in [0.2, 0.25) is 0 Å². The van der Waals surface area contributed by atoms with Crippen molar-refractivity contribution in [3.63, 3.8) is 0 Å². The van der Waals surface area contributed by atoms with Crippen LogP contribution in [0.4, 0.5) is 0 Å². The van der Waals surface area contributed by atoms with Crippen LogP contribution in [0.5, 0.6) is 0 Å². The Balaban J connectivity index is 1.88. The molecule has 1 aliphatic carbocycles. The van der Waals surface area contributed by atoms with E-state index in [2.05, 4.69) is 31.1 Å². The molecule has 1 amide bonds. The first-order valence-electron chi connectivity index (χ1n) is 7.42. The first kappa shape index (κ1) is 15.0. The summed E-state index contributed by atoms with van der Waals surface area (Å²) in [5.41, 5.74) is 6.09. The van der Waals surface area contributed by atoms with Crippen LogP contribution in [0.1, 0.15) is 33.6 Å². The Labute approximate surface area is 120 Å². The summed E-state index contributed by atoms with van der Waals surface area (Å²) in [4.78, 5) is 16.4. The van der Waals surface area contributed by atoms with Gasteiger partial charge in [-0.25, -0.2) is 4.98 Å². The van der Waals surface area contributed by atoms with E-state index in [0.717, 1.165) is 19.4 Å². The first-order chi connectivity index (χ1) is 9.43. The normalized spacial score (nSPS) is 29.1. The molecule has 0 aliphatic heterocycles. The van der Waals surface area contributed by atoms with E-state index in [0.29, 0.717) is 12.5 Å². The lowest BCUT2D eigenvalue weighted by atomic mass is 9.61. The van der Waals surface area contributed by atoms with Crippen LogP contribution >= 0.6 is 0 Å². The number of nitrogens with one attached hydrogen (secondary N) is 1. The highest BCUT2D eigenvalue weighted by atomic mass is 16.1. The molecule has 0 radical (unpaired) electrons. The second-order valence-corrected chi connectivity index (χ2v) is 6.50. The Hall–Kier alpha value is -1.36. The van der Waals surface area contributed by atoms with E-state index in [1.807, 2.05) is 10.8 Å². The van der Waals surface area contributed by atoms with Gasteiger partial charge < -0.3 is 15.6 Å². The molecule has 5 heteroatoms. The number of rotatable bonds is 4. The molecule has 112 valence electrons. The van der Waals surface area contributed by atoms with Gasteiger partial charge in [0.1, 0.15) is 0 Å². The van der Waals surface area contributed by atoms with Crippen molar-refractivity contribution >= 4 is 5.91 Å². The summed E-state index contributed by atoms with van der Waals surface area (Å²) in [6.45, 7) is 7.89. The Kier molecular flexibility index (Phi) is 4.48. The number of carbonyl (C=O) groups excluding carboxylic acids is 1. The second-order valence-electron chi connectivity index (χ2n) is 6.50. The predicted octanol–water partition coefficient (Wildman–Crippen LogP) is 1.40. The molecule has 1 fully saturated rings. The van der Waals surface area contributed by atoms with Crippen LogP contribution in [0.15, 0.2) is 18.7 Å². The van der Waals surface area contributed by atoms with Gasteiger partial charge in [-0.3, -0.25) is 4.79 Å². The quantitative estimate of drug-likeness (QED) is 0.874. The van der Waals surface area contributed by atoms with Crippen molar-refractivity contribution < 1.29 is 4.79 Å². The molecule has 1 saturated carbocycles. The molecule has 1 aliphatic rings. The summed E-state index contributed by atoms with van der Waals surface area (Å²) >= 11 is 0. The van der Waals surface area contributed by atoms with Gasteiger partial charge in [0, 0.05) is 37.4 Å². The van der Waals surface area contributed by atoms with Gasteiger partial charge in [0.2, 0.25) is 5.91 Å². The van der Waals surface area contributed by atoms with E-state index in [-0.39, 0.29) is 23.3 Å². The third kappa shape index (κ3) is 3.03. The van der Waals surface area contributed by atoms with Gasteiger partial charge in [0.05, 0.1) is 6.33 Å². The number of aromatic nitrogens is 2. The maximum absolute atomic E-state index is 12.4. The fourth-order valence-corrected chi connectivity index (χ4v) is 3.17. The summed E-state index contributed by atoms with van der Waals surface area (Å²) in [6.07, 6.45) is 7.23. The van der Waals surface area contributed by atoms with E-state index in [1.54, 1.807) is 12.5 Å². The second kappa shape index (κ2) is 5.95. The average Bonchev–Trinajstić information content (AvgIpc) is 2.89. The molecule has 3 atom stereocenters. The monoisotopic (exact) mass is 278 g/mol.